The summed E-state index contributed by atoms with van der Waals surface area (Å²) in [6.45, 7) is 2.46. The smallest absolute Gasteiger partial charge is 0.472 e. The molecule has 1 aliphatic carbocycles. The van der Waals surface area contributed by atoms with Crippen molar-refractivity contribution in [1.29, 1.82) is 0 Å². The first kappa shape index (κ1) is 60.6. The Morgan fingerprint density at radius 3 is 1.74 bits per heavy atom. The molecular formula is C50H90NO13P. The van der Waals surface area contributed by atoms with E-state index < -0.39 is 75.8 Å². The maximum atomic E-state index is 12.8. The van der Waals surface area contributed by atoms with Crippen molar-refractivity contribution in [1.82, 2.24) is 0 Å². The van der Waals surface area contributed by atoms with Crippen LogP contribution >= 0.6 is 7.82 Å². The second-order valence-electron chi connectivity index (χ2n) is 18.1. The number of carbonyl (C=O) groups is 4. The molecule has 1 unspecified atom stereocenters. The molecule has 0 aromatic rings. The zero-order valence-corrected chi connectivity index (χ0v) is 41.2. The lowest BCUT2D eigenvalue weighted by atomic mass is 9.90. The molecule has 0 amide bonds. The number of ketones is 1. The first-order chi connectivity index (χ1) is 31.3. The first-order valence-corrected chi connectivity index (χ1v) is 27.0. The Morgan fingerprint density at radius 1 is 0.708 bits per heavy atom. The lowest BCUT2D eigenvalue weighted by Crippen LogP contribution is -2.34. The van der Waals surface area contributed by atoms with Crippen molar-refractivity contribution in [3.63, 3.8) is 0 Å². The number of nitrogens with two attached hydrogens (primary N) is 1. The van der Waals surface area contributed by atoms with E-state index in [0.29, 0.717) is 32.1 Å². The van der Waals surface area contributed by atoms with Crippen molar-refractivity contribution in [2.45, 2.75) is 237 Å². The predicted molar refractivity (Wildman–Crippen MR) is 255 cm³/mol. The van der Waals surface area contributed by atoms with Crippen LogP contribution in [-0.2, 0) is 42.3 Å². The van der Waals surface area contributed by atoms with Crippen LogP contribution in [0.15, 0.2) is 24.3 Å². The first-order valence-electron chi connectivity index (χ1n) is 25.5. The number of phosphoric acid groups is 1. The minimum atomic E-state index is -4.79. The predicted octanol–water partition coefficient (Wildman–Crippen LogP) is 10.8. The fourth-order valence-electron chi connectivity index (χ4n) is 7.99. The molecule has 7 atom stereocenters. The zero-order valence-electron chi connectivity index (χ0n) is 40.3. The van der Waals surface area contributed by atoms with Crippen molar-refractivity contribution in [3.05, 3.63) is 24.3 Å². The number of carboxylic acid groups (broad SMARTS) is 1. The van der Waals surface area contributed by atoms with Crippen LogP contribution in [0.5, 0.6) is 0 Å². The molecule has 0 aromatic heterocycles. The van der Waals surface area contributed by atoms with Gasteiger partial charge in [0.15, 0.2) is 6.10 Å². The van der Waals surface area contributed by atoms with Gasteiger partial charge >= 0.3 is 25.7 Å². The normalized spacial score (nSPS) is 18.9. The van der Waals surface area contributed by atoms with Crippen LogP contribution in [0.1, 0.15) is 213 Å². The maximum Gasteiger partial charge on any atom is 0.472 e. The molecule has 1 fully saturated rings. The lowest BCUT2D eigenvalue weighted by molar-refractivity contribution is -0.161. The maximum absolute atomic E-state index is 12.8. The van der Waals surface area contributed by atoms with E-state index in [9.17, 15) is 38.8 Å². The van der Waals surface area contributed by atoms with Crippen molar-refractivity contribution in [3.8, 4) is 0 Å². The Balaban J connectivity index is 2.39. The number of carboxylic acids is 1. The van der Waals surface area contributed by atoms with Crippen LogP contribution in [0.2, 0.25) is 0 Å². The number of aliphatic carboxylic acids is 1. The van der Waals surface area contributed by atoms with E-state index >= 15 is 0 Å². The SMILES string of the molecule is CCCCCCCCCCCCCCCCCCCCCCCC(=O)OC[C@H](COP(=O)(O)OC[C@H](N)C(=O)O)OC(=O)CCC/C=C\C[C@H]1[C@@H](O)CC(=O)[C@@H]1/C=C/[C@@H](O)CCCCC. The van der Waals surface area contributed by atoms with E-state index in [1.807, 2.05) is 12.2 Å². The highest BCUT2D eigenvalue weighted by molar-refractivity contribution is 7.47. The van der Waals surface area contributed by atoms with Crippen LogP contribution < -0.4 is 5.73 Å². The highest BCUT2D eigenvalue weighted by atomic mass is 31.2. The number of hydrogen-bond acceptors (Lipinski definition) is 12. The highest BCUT2D eigenvalue weighted by Gasteiger charge is 2.39. The molecular weight excluding hydrogens is 854 g/mol. The number of esters is 2. The van der Waals surface area contributed by atoms with Crippen molar-refractivity contribution >= 4 is 31.5 Å². The van der Waals surface area contributed by atoms with Gasteiger partial charge in [-0.2, -0.15) is 0 Å². The number of ether oxygens (including phenoxy) is 2. The third kappa shape index (κ3) is 33.6. The molecule has 1 saturated carbocycles. The summed E-state index contributed by atoms with van der Waals surface area (Å²) in [5, 5.41) is 29.7. The molecule has 0 spiro atoms. The van der Waals surface area contributed by atoms with Crippen molar-refractivity contribution in [2.75, 3.05) is 19.8 Å². The van der Waals surface area contributed by atoms with Crippen LogP contribution in [0.25, 0.3) is 0 Å². The molecule has 65 heavy (non-hydrogen) atoms. The highest BCUT2D eigenvalue weighted by Crippen LogP contribution is 2.43. The summed E-state index contributed by atoms with van der Waals surface area (Å²) in [5.74, 6) is -3.44. The third-order valence-corrected chi connectivity index (χ3v) is 13.0. The van der Waals surface area contributed by atoms with E-state index in [-0.39, 0.29) is 31.0 Å². The topological polar surface area (TPSA) is 229 Å². The molecule has 0 saturated heterocycles. The Labute approximate surface area is 391 Å². The zero-order chi connectivity index (χ0) is 48.0. The van der Waals surface area contributed by atoms with Gasteiger partial charge < -0.3 is 35.4 Å². The number of phosphoric ester groups is 1. The van der Waals surface area contributed by atoms with Gasteiger partial charge in [0.25, 0.3) is 0 Å². The molecule has 378 valence electrons. The molecule has 1 aliphatic rings. The molecule has 15 heteroatoms. The van der Waals surface area contributed by atoms with Gasteiger partial charge in [-0.15, -0.1) is 0 Å². The summed E-state index contributed by atoms with van der Waals surface area (Å²) in [7, 11) is -4.79. The number of aliphatic hydroxyl groups is 2. The van der Waals surface area contributed by atoms with Gasteiger partial charge in [-0.25, -0.2) is 4.57 Å². The van der Waals surface area contributed by atoms with Gasteiger partial charge in [0.05, 0.1) is 25.4 Å². The van der Waals surface area contributed by atoms with Gasteiger partial charge in [-0.05, 0) is 32.1 Å². The van der Waals surface area contributed by atoms with Gasteiger partial charge in [0.2, 0.25) is 0 Å². The number of aliphatic hydroxyl groups excluding tert-OH is 2. The monoisotopic (exact) mass is 944 g/mol. The largest absolute Gasteiger partial charge is 0.480 e. The third-order valence-electron chi connectivity index (χ3n) is 12.1. The summed E-state index contributed by atoms with van der Waals surface area (Å²) >= 11 is 0. The quantitative estimate of drug-likeness (QED) is 0.0166. The number of hydrogen-bond donors (Lipinski definition) is 5. The van der Waals surface area contributed by atoms with E-state index in [1.165, 1.54) is 109 Å². The van der Waals surface area contributed by atoms with Crippen molar-refractivity contribution in [2.24, 2.45) is 17.6 Å². The van der Waals surface area contributed by atoms with Gasteiger partial charge in [0.1, 0.15) is 18.4 Å². The van der Waals surface area contributed by atoms with Crippen LogP contribution in [0.3, 0.4) is 0 Å². The van der Waals surface area contributed by atoms with Crippen molar-refractivity contribution < 1.29 is 62.5 Å². The average molecular weight is 944 g/mol. The number of carbonyl (C=O) groups excluding carboxylic acids is 3. The Morgan fingerprint density at radius 2 is 1.20 bits per heavy atom. The molecule has 0 bridgehead atoms. The minimum absolute atomic E-state index is 0.0270. The number of allylic oxidation sites excluding steroid dienone is 3. The summed E-state index contributed by atoms with van der Waals surface area (Å²) in [4.78, 5) is 58.9. The Hall–Kier alpha value is -2.45. The molecule has 0 radical (unpaired) electrons. The Kier molecular flexibility index (Phi) is 36.8. The average Bonchev–Trinajstić information content (AvgIpc) is 3.54. The van der Waals surface area contributed by atoms with E-state index in [2.05, 4.69) is 18.4 Å². The van der Waals surface area contributed by atoms with Gasteiger partial charge in [-0.1, -0.05) is 186 Å². The minimum Gasteiger partial charge on any atom is -0.480 e. The van der Waals surface area contributed by atoms with E-state index in [0.717, 1.165) is 38.5 Å². The summed E-state index contributed by atoms with van der Waals surface area (Å²) in [6, 6.07) is -1.57. The molecule has 6 N–H and O–H groups in total. The molecule has 0 aromatic carbocycles. The van der Waals surface area contributed by atoms with Crippen LogP contribution in [0.4, 0.5) is 0 Å². The fraction of sp³-hybridized carbons (Fsp3) is 0.840. The van der Waals surface area contributed by atoms with Crippen LogP contribution in [-0.4, -0.2) is 88.1 Å². The fourth-order valence-corrected chi connectivity index (χ4v) is 8.77. The number of rotatable bonds is 44. The second kappa shape index (κ2) is 39.5. The van der Waals surface area contributed by atoms with E-state index in [1.54, 1.807) is 12.2 Å². The summed E-state index contributed by atoms with van der Waals surface area (Å²) < 4.78 is 32.8. The van der Waals surface area contributed by atoms with Gasteiger partial charge in [0, 0.05) is 31.1 Å². The Bertz CT molecular complexity index is 1360. The van der Waals surface area contributed by atoms with E-state index in [4.69, 9.17) is 24.8 Å². The molecule has 1 rings (SSSR count). The van der Waals surface area contributed by atoms with Gasteiger partial charge in [-0.3, -0.25) is 28.2 Å². The number of Topliss-reactive ketones (excluding diaryl/α,β-unsaturated/α-hetero) is 1. The molecule has 14 nitrogen and oxygen atoms in total. The van der Waals surface area contributed by atoms with Crippen LogP contribution in [0, 0.1) is 11.8 Å². The molecule has 0 aliphatic heterocycles. The number of unbranched alkanes of at least 4 members (excludes halogenated alkanes) is 23. The molecule has 0 heterocycles. The summed E-state index contributed by atoms with van der Waals surface area (Å²) in [5.41, 5.74) is 5.34. The summed E-state index contributed by atoms with van der Waals surface area (Å²) in [6.07, 6.45) is 36.1. The lowest BCUT2D eigenvalue weighted by Gasteiger charge is -2.20. The standard InChI is InChI=1S/C50H90NO13P/c1-3-5-7-8-9-10-11-12-13-14-15-16-17-18-19-20-21-22-23-24-29-33-48(55)61-38-42(39-62-65(59,60)63-40-45(51)50(57)58)64-49(56)34-30-26-25-28-32-43-44(47(54)37-46(43)53)36-35-41(52)31-27-6-4-2/h25,28,35-36,41-46,52-53H,3-24,26-27,29-34,37-40,51H2,1-2H3,(H,57,58)(H,59,60)/b28-25-,36-35+/t41-,42+,43+,44+,45-,46-/m0/s1. The second-order valence-corrected chi connectivity index (χ2v) is 19.5.